The predicted octanol–water partition coefficient (Wildman–Crippen LogP) is 0.501. The minimum absolute atomic E-state index is 0.949. The van der Waals surface area contributed by atoms with E-state index in [1.54, 1.807) is 7.05 Å². The summed E-state index contributed by atoms with van der Waals surface area (Å²) >= 11 is 0. The molecular weight excluding hydrogens is 126 g/mol. The summed E-state index contributed by atoms with van der Waals surface area (Å²) in [5.74, 6) is 5.52. The second kappa shape index (κ2) is 3.20. The van der Waals surface area contributed by atoms with E-state index in [4.69, 9.17) is 5.84 Å². The molecule has 3 nitrogen and oxygen atoms in total. The third-order valence-electron chi connectivity index (χ3n) is 1.28. The van der Waals surface area contributed by atoms with Gasteiger partial charge in [-0.1, -0.05) is 18.2 Å². The van der Waals surface area contributed by atoms with Gasteiger partial charge in [0.25, 0.3) is 0 Å². The van der Waals surface area contributed by atoms with E-state index in [1.165, 1.54) is 5.12 Å². The van der Waals surface area contributed by atoms with Crippen molar-refractivity contribution in [2.45, 2.75) is 0 Å². The molecule has 1 rings (SSSR count). The van der Waals surface area contributed by atoms with Crippen LogP contribution in [0.1, 0.15) is 0 Å². The Morgan fingerprint density at radius 2 is 1.90 bits per heavy atom. The van der Waals surface area contributed by atoms with Gasteiger partial charge in [0, 0.05) is 7.05 Å². The molecule has 0 radical (unpaired) electrons. The Bertz CT molecular complexity index is 185. The topological polar surface area (TPSA) is 41.3 Å². The number of nitrogens with one attached hydrogen (secondary N) is 1. The fraction of sp³-hybridized carbons (Fsp3) is 0.143. The number of anilines is 1. The number of hydrazine groups is 2. The SMILES string of the molecule is CNN(N)c1ccccc1. The van der Waals surface area contributed by atoms with Gasteiger partial charge in [-0.25, -0.2) is 16.4 Å². The summed E-state index contributed by atoms with van der Waals surface area (Å²) in [7, 11) is 1.77. The van der Waals surface area contributed by atoms with Crippen LogP contribution in [0.2, 0.25) is 0 Å². The summed E-state index contributed by atoms with van der Waals surface area (Å²) in [4.78, 5) is 0. The van der Waals surface area contributed by atoms with Crippen LogP contribution >= 0.6 is 0 Å². The number of benzene rings is 1. The maximum absolute atomic E-state index is 5.52. The molecule has 0 spiro atoms. The molecule has 0 aliphatic heterocycles. The van der Waals surface area contributed by atoms with Crippen molar-refractivity contribution in [3.8, 4) is 0 Å². The van der Waals surface area contributed by atoms with Crippen molar-refractivity contribution in [3.63, 3.8) is 0 Å². The highest BCUT2D eigenvalue weighted by Gasteiger charge is 1.92. The standard InChI is InChI=1S/C7H11N3/c1-9-10(8)7-5-3-2-4-6-7/h2-6,9H,8H2,1H3. The van der Waals surface area contributed by atoms with Crippen LogP contribution in [0, 0.1) is 0 Å². The molecule has 0 heterocycles. The lowest BCUT2D eigenvalue weighted by atomic mass is 10.3. The third kappa shape index (κ3) is 1.46. The average molecular weight is 137 g/mol. The smallest absolute Gasteiger partial charge is 0.0699 e. The minimum atomic E-state index is 0.949. The summed E-state index contributed by atoms with van der Waals surface area (Å²) in [6.45, 7) is 0. The number of nitrogens with two attached hydrogens (primary N) is 1. The first-order valence-electron chi connectivity index (χ1n) is 3.12. The van der Waals surface area contributed by atoms with E-state index in [0.717, 1.165) is 5.69 Å². The van der Waals surface area contributed by atoms with Crippen LogP contribution in [0.25, 0.3) is 0 Å². The lowest BCUT2D eigenvalue weighted by Gasteiger charge is -2.15. The summed E-state index contributed by atoms with van der Waals surface area (Å²) in [5.41, 5.74) is 3.74. The number of hydrogen-bond donors (Lipinski definition) is 2. The van der Waals surface area contributed by atoms with Gasteiger partial charge in [0.15, 0.2) is 0 Å². The van der Waals surface area contributed by atoms with E-state index in [2.05, 4.69) is 5.43 Å². The van der Waals surface area contributed by atoms with Gasteiger partial charge < -0.3 is 0 Å². The van der Waals surface area contributed by atoms with Crippen molar-refractivity contribution < 1.29 is 0 Å². The predicted molar refractivity (Wildman–Crippen MR) is 42.2 cm³/mol. The third-order valence-corrected chi connectivity index (χ3v) is 1.28. The van der Waals surface area contributed by atoms with Crippen LogP contribution in [0.5, 0.6) is 0 Å². The first-order chi connectivity index (χ1) is 4.84. The molecule has 0 saturated carbocycles. The Hall–Kier alpha value is -1.06. The Kier molecular flexibility index (Phi) is 2.25. The van der Waals surface area contributed by atoms with Crippen LogP contribution in [-0.2, 0) is 0 Å². The molecule has 3 N–H and O–H groups in total. The van der Waals surface area contributed by atoms with Gasteiger partial charge in [0.1, 0.15) is 0 Å². The van der Waals surface area contributed by atoms with E-state index >= 15 is 0 Å². The second-order valence-electron chi connectivity index (χ2n) is 1.93. The normalized spacial score (nSPS) is 9.40. The Morgan fingerprint density at radius 3 is 2.40 bits per heavy atom. The lowest BCUT2D eigenvalue weighted by Crippen LogP contribution is -2.41. The molecule has 0 fully saturated rings. The van der Waals surface area contributed by atoms with Crippen molar-refractivity contribution in [2.24, 2.45) is 5.84 Å². The monoisotopic (exact) mass is 137 g/mol. The van der Waals surface area contributed by atoms with Gasteiger partial charge in [0.2, 0.25) is 0 Å². The Balaban J connectivity index is 2.75. The molecule has 54 valence electrons. The summed E-state index contributed by atoms with van der Waals surface area (Å²) in [5, 5.41) is 1.46. The Labute approximate surface area is 60.4 Å². The van der Waals surface area contributed by atoms with E-state index in [9.17, 15) is 0 Å². The van der Waals surface area contributed by atoms with Gasteiger partial charge in [-0.2, -0.15) is 0 Å². The van der Waals surface area contributed by atoms with Gasteiger partial charge in [-0.3, -0.25) is 0 Å². The van der Waals surface area contributed by atoms with Crippen LogP contribution in [0.15, 0.2) is 30.3 Å². The van der Waals surface area contributed by atoms with Crippen molar-refractivity contribution in [1.29, 1.82) is 0 Å². The van der Waals surface area contributed by atoms with E-state index in [-0.39, 0.29) is 0 Å². The fourth-order valence-electron chi connectivity index (χ4n) is 0.718. The highest BCUT2D eigenvalue weighted by molar-refractivity contribution is 5.42. The Morgan fingerprint density at radius 1 is 1.30 bits per heavy atom. The molecule has 0 aliphatic carbocycles. The molecule has 1 aromatic carbocycles. The summed E-state index contributed by atoms with van der Waals surface area (Å²) in [6.07, 6.45) is 0. The van der Waals surface area contributed by atoms with E-state index < -0.39 is 0 Å². The minimum Gasteiger partial charge on any atom is -0.245 e. The maximum atomic E-state index is 5.52. The number of para-hydroxylation sites is 1. The van der Waals surface area contributed by atoms with Crippen LogP contribution < -0.4 is 16.4 Å². The average Bonchev–Trinajstić information content (AvgIpc) is 2.05. The molecule has 3 heteroatoms. The molecule has 0 saturated heterocycles. The zero-order chi connectivity index (χ0) is 7.40. The van der Waals surface area contributed by atoms with E-state index in [0.29, 0.717) is 0 Å². The first-order valence-corrected chi connectivity index (χ1v) is 3.12. The fourth-order valence-corrected chi connectivity index (χ4v) is 0.718. The van der Waals surface area contributed by atoms with Crippen molar-refractivity contribution in [2.75, 3.05) is 12.2 Å². The summed E-state index contributed by atoms with van der Waals surface area (Å²) in [6, 6.07) is 9.68. The van der Waals surface area contributed by atoms with Crippen LogP contribution in [-0.4, -0.2) is 7.05 Å². The van der Waals surface area contributed by atoms with Gasteiger partial charge in [-0.05, 0) is 12.1 Å². The molecule has 0 aliphatic rings. The van der Waals surface area contributed by atoms with Gasteiger partial charge in [0.05, 0.1) is 5.69 Å². The highest BCUT2D eigenvalue weighted by atomic mass is 15.7. The molecule has 0 unspecified atom stereocenters. The van der Waals surface area contributed by atoms with Crippen LogP contribution in [0.3, 0.4) is 0 Å². The lowest BCUT2D eigenvalue weighted by molar-refractivity contribution is 0.737. The molecular formula is C7H11N3. The summed E-state index contributed by atoms with van der Waals surface area (Å²) < 4.78 is 0. The molecule has 0 aromatic heterocycles. The van der Waals surface area contributed by atoms with E-state index in [1.807, 2.05) is 30.3 Å². The number of hydrogen-bond acceptors (Lipinski definition) is 3. The largest absolute Gasteiger partial charge is 0.245 e. The number of nitrogens with zero attached hydrogens (tertiary/aromatic N) is 1. The molecule has 0 atom stereocenters. The molecule has 1 aromatic rings. The van der Waals surface area contributed by atoms with Crippen molar-refractivity contribution in [1.82, 2.24) is 5.43 Å². The number of rotatable bonds is 2. The molecule has 0 bridgehead atoms. The quantitative estimate of drug-likeness (QED) is 0.460. The van der Waals surface area contributed by atoms with Crippen LogP contribution in [0.4, 0.5) is 5.69 Å². The zero-order valence-electron chi connectivity index (χ0n) is 5.91. The molecule has 10 heavy (non-hydrogen) atoms. The van der Waals surface area contributed by atoms with Crippen molar-refractivity contribution in [3.05, 3.63) is 30.3 Å². The van der Waals surface area contributed by atoms with Gasteiger partial charge in [-0.15, -0.1) is 0 Å². The highest BCUT2D eigenvalue weighted by Crippen LogP contribution is 2.05. The first kappa shape index (κ1) is 7.05. The second-order valence-corrected chi connectivity index (χ2v) is 1.93. The van der Waals surface area contributed by atoms with Gasteiger partial charge >= 0.3 is 0 Å². The van der Waals surface area contributed by atoms with Crippen molar-refractivity contribution >= 4 is 5.69 Å². The maximum Gasteiger partial charge on any atom is 0.0699 e. The zero-order valence-corrected chi connectivity index (χ0v) is 5.91. The molecule has 0 amide bonds.